The number of halogens is 5. The van der Waals surface area contributed by atoms with Crippen LogP contribution in [-0.2, 0) is 19.6 Å². The maximum Gasteiger partial charge on any atom is 0.573 e. The van der Waals surface area contributed by atoms with Crippen LogP contribution < -0.4 is 26.6 Å². The van der Waals surface area contributed by atoms with Crippen molar-refractivity contribution in [2.75, 3.05) is 31.1 Å². The smallest absolute Gasteiger partial charge is 0.406 e. The Morgan fingerprint density at radius 3 is 2.04 bits per heavy atom. The summed E-state index contributed by atoms with van der Waals surface area (Å²) in [5, 5.41) is 0. The summed E-state index contributed by atoms with van der Waals surface area (Å²) in [4.78, 5) is 31.6. The van der Waals surface area contributed by atoms with Crippen LogP contribution in [0.3, 0.4) is 0 Å². The standard InChI is InChI=1S/C32H32F5N5O3/c1-21-29(40-16-14-39(15-17-40)18-22-10-12-24(13-11-22)45-32(35,36)37)30(43)42(20-28(38)23-6-3-2-4-7-23)31(44)41(21)19-25-26(33)8-5-9-27(25)34/h2-13,28H,14-20,38H2,1H3. The third-order valence-corrected chi connectivity index (χ3v) is 7.89. The van der Waals surface area contributed by atoms with Crippen molar-refractivity contribution >= 4 is 5.69 Å². The number of hydrogen-bond acceptors (Lipinski definition) is 6. The Hall–Kier alpha value is -4.49. The normalized spacial score (nSPS) is 14.9. The molecule has 1 aliphatic heterocycles. The van der Waals surface area contributed by atoms with E-state index in [1.165, 1.54) is 22.8 Å². The highest BCUT2D eigenvalue weighted by Crippen LogP contribution is 2.24. The van der Waals surface area contributed by atoms with Crippen LogP contribution in [0, 0.1) is 18.6 Å². The Balaban J connectivity index is 1.42. The van der Waals surface area contributed by atoms with Gasteiger partial charge in [-0.05, 0) is 42.3 Å². The number of aromatic nitrogens is 2. The number of nitrogens with two attached hydrogens (primary N) is 1. The van der Waals surface area contributed by atoms with Gasteiger partial charge in [0, 0.05) is 50.0 Å². The maximum absolute atomic E-state index is 14.7. The summed E-state index contributed by atoms with van der Waals surface area (Å²) < 4.78 is 73.0. The Morgan fingerprint density at radius 2 is 1.44 bits per heavy atom. The van der Waals surface area contributed by atoms with Gasteiger partial charge in [0.1, 0.15) is 23.1 Å². The van der Waals surface area contributed by atoms with Crippen LogP contribution in [0.4, 0.5) is 27.6 Å². The molecule has 0 amide bonds. The van der Waals surface area contributed by atoms with Gasteiger partial charge in [-0.25, -0.2) is 13.6 Å². The first-order chi connectivity index (χ1) is 21.4. The molecule has 5 rings (SSSR count). The summed E-state index contributed by atoms with van der Waals surface area (Å²) >= 11 is 0. The second-order valence-electron chi connectivity index (χ2n) is 10.9. The van der Waals surface area contributed by atoms with E-state index in [1.54, 1.807) is 43.3 Å². The fourth-order valence-electron chi connectivity index (χ4n) is 5.53. The van der Waals surface area contributed by atoms with E-state index in [2.05, 4.69) is 9.64 Å². The Bertz CT molecular complexity index is 1730. The van der Waals surface area contributed by atoms with E-state index in [-0.39, 0.29) is 29.2 Å². The second-order valence-corrected chi connectivity index (χ2v) is 10.9. The van der Waals surface area contributed by atoms with Gasteiger partial charge in [0.2, 0.25) is 0 Å². The first-order valence-electron chi connectivity index (χ1n) is 14.3. The van der Waals surface area contributed by atoms with Gasteiger partial charge >= 0.3 is 12.1 Å². The molecule has 1 fully saturated rings. The highest BCUT2D eigenvalue weighted by atomic mass is 19.4. The largest absolute Gasteiger partial charge is 0.573 e. The van der Waals surface area contributed by atoms with E-state index < -0.39 is 41.8 Å². The van der Waals surface area contributed by atoms with E-state index in [1.807, 2.05) is 11.0 Å². The van der Waals surface area contributed by atoms with Crippen molar-refractivity contribution in [3.8, 4) is 5.75 Å². The van der Waals surface area contributed by atoms with Gasteiger partial charge in [0.25, 0.3) is 5.56 Å². The zero-order valence-electron chi connectivity index (χ0n) is 24.4. The molecule has 1 atom stereocenters. The molecule has 3 aromatic carbocycles. The molecule has 0 saturated carbocycles. The number of benzene rings is 3. The lowest BCUT2D eigenvalue weighted by atomic mass is 10.1. The molecule has 0 bridgehead atoms. The second kappa shape index (κ2) is 13.2. The van der Waals surface area contributed by atoms with Crippen LogP contribution >= 0.6 is 0 Å². The zero-order valence-corrected chi connectivity index (χ0v) is 24.4. The lowest BCUT2D eigenvalue weighted by Crippen LogP contribution is -2.51. The topological polar surface area (TPSA) is 85.7 Å². The van der Waals surface area contributed by atoms with Gasteiger partial charge in [-0.3, -0.25) is 18.8 Å². The molecule has 0 radical (unpaired) electrons. The molecule has 1 saturated heterocycles. The van der Waals surface area contributed by atoms with Crippen LogP contribution in [0.1, 0.15) is 28.4 Å². The lowest BCUT2D eigenvalue weighted by molar-refractivity contribution is -0.274. The number of rotatable bonds is 9. The average Bonchev–Trinajstić information content (AvgIpc) is 3.00. The van der Waals surface area contributed by atoms with Gasteiger partial charge < -0.3 is 15.4 Å². The van der Waals surface area contributed by atoms with Gasteiger partial charge in [0.05, 0.1) is 13.1 Å². The van der Waals surface area contributed by atoms with Gasteiger partial charge in [0.15, 0.2) is 0 Å². The highest BCUT2D eigenvalue weighted by Gasteiger charge is 2.31. The van der Waals surface area contributed by atoms with Crippen molar-refractivity contribution in [3.05, 3.63) is 128 Å². The van der Waals surface area contributed by atoms with Gasteiger partial charge in [-0.15, -0.1) is 13.2 Å². The fraction of sp³-hybridized carbons (Fsp3) is 0.312. The van der Waals surface area contributed by atoms with Crippen molar-refractivity contribution < 1.29 is 26.7 Å². The van der Waals surface area contributed by atoms with Crippen LogP contribution in [0.25, 0.3) is 0 Å². The van der Waals surface area contributed by atoms with E-state index in [0.29, 0.717) is 38.3 Å². The molecule has 4 aromatic rings. The number of ether oxygens (including phenoxy) is 1. The average molecular weight is 630 g/mol. The Kier molecular flexibility index (Phi) is 9.40. The van der Waals surface area contributed by atoms with Crippen molar-refractivity contribution in [2.24, 2.45) is 5.73 Å². The fourth-order valence-corrected chi connectivity index (χ4v) is 5.53. The molecule has 8 nitrogen and oxygen atoms in total. The monoisotopic (exact) mass is 629 g/mol. The number of anilines is 1. The molecular formula is C32H32F5N5O3. The third-order valence-electron chi connectivity index (χ3n) is 7.89. The van der Waals surface area contributed by atoms with Crippen LogP contribution in [0.15, 0.2) is 82.4 Å². The van der Waals surface area contributed by atoms with Crippen LogP contribution in [0.2, 0.25) is 0 Å². The SMILES string of the molecule is Cc1c(N2CCN(Cc3ccc(OC(F)(F)F)cc3)CC2)c(=O)n(CC(N)c2ccccc2)c(=O)n1Cc1c(F)cccc1F. The van der Waals surface area contributed by atoms with E-state index >= 15 is 0 Å². The van der Waals surface area contributed by atoms with Crippen LogP contribution in [-0.4, -0.2) is 46.6 Å². The molecule has 0 spiro atoms. The van der Waals surface area contributed by atoms with E-state index in [0.717, 1.165) is 22.3 Å². The predicted octanol–water partition coefficient (Wildman–Crippen LogP) is 4.57. The Labute approximate surface area is 255 Å². The molecule has 1 unspecified atom stereocenters. The quantitative estimate of drug-likeness (QED) is 0.273. The summed E-state index contributed by atoms with van der Waals surface area (Å²) in [6.45, 7) is 3.25. The third kappa shape index (κ3) is 7.43. The minimum absolute atomic E-state index is 0.150. The van der Waals surface area contributed by atoms with Gasteiger partial charge in [-0.1, -0.05) is 48.5 Å². The molecule has 1 aliphatic rings. The van der Waals surface area contributed by atoms with Crippen molar-refractivity contribution in [1.29, 1.82) is 0 Å². The van der Waals surface area contributed by atoms with E-state index in [4.69, 9.17) is 5.73 Å². The number of hydrogen-bond donors (Lipinski definition) is 1. The summed E-state index contributed by atoms with van der Waals surface area (Å²) in [6.07, 6.45) is -4.77. The summed E-state index contributed by atoms with van der Waals surface area (Å²) in [6, 6.07) is 17.4. The molecule has 1 aromatic heterocycles. The lowest BCUT2D eigenvalue weighted by Gasteiger charge is -2.37. The number of alkyl halides is 3. The molecule has 238 valence electrons. The van der Waals surface area contributed by atoms with Crippen LogP contribution in [0.5, 0.6) is 5.75 Å². The molecule has 45 heavy (non-hydrogen) atoms. The molecule has 13 heteroatoms. The zero-order chi connectivity index (χ0) is 32.3. The Morgan fingerprint density at radius 1 is 0.822 bits per heavy atom. The van der Waals surface area contributed by atoms with Crippen molar-refractivity contribution in [2.45, 2.75) is 39.0 Å². The minimum Gasteiger partial charge on any atom is -0.406 e. The first-order valence-corrected chi connectivity index (χ1v) is 14.3. The first kappa shape index (κ1) is 31.9. The number of nitrogens with zero attached hydrogens (tertiary/aromatic N) is 4. The van der Waals surface area contributed by atoms with Crippen molar-refractivity contribution in [3.63, 3.8) is 0 Å². The molecule has 2 N–H and O–H groups in total. The van der Waals surface area contributed by atoms with Gasteiger partial charge in [-0.2, -0.15) is 0 Å². The predicted molar refractivity (Wildman–Crippen MR) is 159 cm³/mol. The number of piperazine rings is 1. The molecule has 2 heterocycles. The summed E-state index contributed by atoms with van der Waals surface area (Å²) in [5.41, 5.74) is 6.82. The minimum atomic E-state index is -4.77. The van der Waals surface area contributed by atoms with Crippen molar-refractivity contribution in [1.82, 2.24) is 14.0 Å². The highest BCUT2D eigenvalue weighted by molar-refractivity contribution is 5.50. The molecule has 0 aliphatic carbocycles. The molecular weight excluding hydrogens is 597 g/mol. The maximum atomic E-state index is 14.7. The summed E-state index contributed by atoms with van der Waals surface area (Å²) in [5.74, 6) is -1.93. The van der Waals surface area contributed by atoms with E-state index in [9.17, 15) is 31.5 Å². The summed E-state index contributed by atoms with van der Waals surface area (Å²) in [7, 11) is 0.